The summed E-state index contributed by atoms with van der Waals surface area (Å²) >= 11 is 12.2. The Morgan fingerprint density at radius 1 is 1.24 bits per heavy atom. The lowest BCUT2D eigenvalue weighted by molar-refractivity contribution is 0.0697. The maximum Gasteiger partial charge on any atom is 0.335 e. The summed E-state index contributed by atoms with van der Waals surface area (Å²) in [5, 5.41) is 12.9. The van der Waals surface area contributed by atoms with Crippen molar-refractivity contribution in [2.24, 2.45) is 0 Å². The van der Waals surface area contributed by atoms with Crippen LogP contribution in [0.25, 0.3) is 0 Å². The number of carboxylic acid groups (broad SMARTS) is 1. The molecule has 0 unspecified atom stereocenters. The number of aromatic carboxylic acids is 1. The topological polar surface area (TPSA) is 58.6 Å². The monoisotopic (exact) mass is 325 g/mol. The lowest BCUT2D eigenvalue weighted by Crippen LogP contribution is -2.04. The van der Waals surface area contributed by atoms with Gasteiger partial charge < -0.3 is 15.2 Å². The molecule has 0 radical (unpaired) electrons. The largest absolute Gasteiger partial charge is 0.496 e. The molecule has 0 spiro atoms. The molecule has 0 heterocycles. The second-order valence-corrected chi connectivity index (χ2v) is 5.09. The summed E-state index contributed by atoms with van der Waals surface area (Å²) in [6, 6.07) is 9.90. The van der Waals surface area contributed by atoms with Crippen LogP contribution in [0, 0.1) is 0 Å². The van der Waals surface area contributed by atoms with E-state index in [1.54, 1.807) is 25.3 Å². The Bertz CT molecular complexity index is 674. The van der Waals surface area contributed by atoms with E-state index in [0.717, 1.165) is 5.56 Å². The van der Waals surface area contributed by atoms with E-state index in [9.17, 15) is 4.79 Å². The van der Waals surface area contributed by atoms with Crippen LogP contribution in [0.3, 0.4) is 0 Å². The summed E-state index contributed by atoms with van der Waals surface area (Å²) < 4.78 is 5.26. The van der Waals surface area contributed by atoms with Crippen molar-refractivity contribution in [3.63, 3.8) is 0 Å². The number of methoxy groups -OCH3 is 1. The number of halogens is 2. The Balaban J connectivity index is 2.19. The van der Waals surface area contributed by atoms with Gasteiger partial charge in [0.2, 0.25) is 0 Å². The number of hydrogen-bond acceptors (Lipinski definition) is 3. The molecule has 21 heavy (non-hydrogen) atoms. The molecule has 0 aliphatic rings. The van der Waals surface area contributed by atoms with Crippen molar-refractivity contribution in [2.75, 3.05) is 12.4 Å². The van der Waals surface area contributed by atoms with E-state index >= 15 is 0 Å². The number of ether oxygens (including phenoxy) is 1. The van der Waals surface area contributed by atoms with Crippen molar-refractivity contribution >= 4 is 34.9 Å². The third-order valence-electron chi connectivity index (χ3n) is 2.97. The molecule has 0 atom stereocenters. The zero-order valence-electron chi connectivity index (χ0n) is 11.2. The van der Waals surface area contributed by atoms with Gasteiger partial charge in [-0.1, -0.05) is 29.3 Å². The summed E-state index contributed by atoms with van der Waals surface area (Å²) in [5.41, 5.74) is 1.57. The summed E-state index contributed by atoms with van der Waals surface area (Å²) in [7, 11) is 1.57. The smallest absolute Gasteiger partial charge is 0.335 e. The summed E-state index contributed by atoms with van der Waals surface area (Å²) in [6.45, 7) is 0.412. The summed E-state index contributed by atoms with van der Waals surface area (Å²) in [5.74, 6) is -0.343. The highest BCUT2D eigenvalue weighted by atomic mass is 35.5. The normalized spacial score (nSPS) is 10.2. The van der Waals surface area contributed by atoms with Crippen molar-refractivity contribution in [2.45, 2.75) is 6.54 Å². The van der Waals surface area contributed by atoms with Gasteiger partial charge in [0, 0.05) is 17.1 Å². The predicted molar refractivity (Wildman–Crippen MR) is 83.7 cm³/mol. The molecule has 0 aromatic heterocycles. The van der Waals surface area contributed by atoms with Crippen LogP contribution in [0.2, 0.25) is 10.0 Å². The fraction of sp³-hybridized carbons (Fsp3) is 0.133. The van der Waals surface area contributed by atoms with E-state index < -0.39 is 5.97 Å². The third-order valence-corrected chi connectivity index (χ3v) is 3.63. The van der Waals surface area contributed by atoms with Crippen LogP contribution < -0.4 is 10.1 Å². The summed E-state index contributed by atoms with van der Waals surface area (Å²) in [4.78, 5) is 10.9. The number of rotatable bonds is 5. The van der Waals surface area contributed by atoms with E-state index in [-0.39, 0.29) is 5.56 Å². The third kappa shape index (κ3) is 3.60. The average Bonchev–Trinajstić information content (AvgIpc) is 2.46. The maximum absolute atomic E-state index is 10.9. The minimum absolute atomic E-state index is 0.140. The van der Waals surface area contributed by atoms with Gasteiger partial charge in [0.1, 0.15) is 5.75 Å². The van der Waals surface area contributed by atoms with Crippen LogP contribution in [0.15, 0.2) is 36.4 Å². The molecule has 0 fully saturated rings. The first kappa shape index (κ1) is 15.5. The first-order chi connectivity index (χ1) is 10.0. The second kappa shape index (κ2) is 6.70. The van der Waals surface area contributed by atoms with Crippen molar-refractivity contribution < 1.29 is 14.6 Å². The van der Waals surface area contributed by atoms with Gasteiger partial charge in [0.05, 0.1) is 23.4 Å². The minimum Gasteiger partial charge on any atom is -0.496 e. The Morgan fingerprint density at radius 3 is 2.62 bits per heavy atom. The standard InChI is InChI=1S/C15H13Cl2NO3/c1-21-14-4-2-3-11(16)10(14)8-18-13-6-5-9(15(19)20)7-12(13)17/h2-7,18H,8H2,1H3,(H,19,20). The SMILES string of the molecule is COc1cccc(Cl)c1CNc1ccc(C(=O)O)cc1Cl. The molecule has 0 aliphatic carbocycles. The highest BCUT2D eigenvalue weighted by Gasteiger charge is 2.10. The number of hydrogen-bond donors (Lipinski definition) is 2. The Labute approximate surface area is 132 Å². The van der Waals surface area contributed by atoms with Crippen molar-refractivity contribution in [1.82, 2.24) is 0 Å². The highest BCUT2D eigenvalue weighted by Crippen LogP contribution is 2.29. The molecular weight excluding hydrogens is 313 g/mol. The lowest BCUT2D eigenvalue weighted by atomic mass is 10.1. The van der Waals surface area contributed by atoms with Crippen molar-refractivity contribution in [3.05, 3.63) is 57.6 Å². The quantitative estimate of drug-likeness (QED) is 0.859. The zero-order valence-corrected chi connectivity index (χ0v) is 12.7. The van der Waals surface area contributed by atoms with Crippen LogP contribution in [0.1, 0.15) is 15.9 Å². The molecule has 0 aliphatic heterocycles. The average molecular weight is 326 g/mol. The van der Waals surface area contributed by atoms with E-state index in [4.69, 9.17) is 33.0 Å². The minimum atomic E-state index is -1.02. The first-order valence-corrected chi connectivity index (χ1v) is 6.86. The van der Waals surface area contributed by atoms with Crippen molar-refractivity contribution in [3.8, 4) is 5.75 Å². The molecule has 4 nitrogen and oxygen atoms in total. The van der Waals surface area contributed by atoms with Crippen LogP contribution in [-0.2, 0) is 6.54 Å². The lowest BCUT2D eigenvalue weighted by Gasteiger charge is -2.13. The molecule has 0 saturated heterocycles. The Hall–Kier alpha value is -1.91. The summed E-state index contributed by atoms with van der Waals surface area (Å²) in [6.07, 6.45) is 0. The molecule has 2 aromatic rings. The van der Waals surface area contributed by atoms with E-state index in [2.05, 4.69) is 5.32 Å². The first-order valence-electron chi connectivity index (χ1n) is 6.11. The van der Waals surface area contributed by atoms with Crippen LogP contribution >= 0.6 is 23.2 Å². The van der Waals surface area contributed by atoms with Gasteiger partial charge in [-0.05, 0) is 30.3 Å². The Kier molecular flexibility index (Phi) is 4.94. The number of anilines is 1. The number of carboxylic acids is 1. The van der Waals surface area contributed by atoms with Gasteiger partial charge in [-0.15, -0.1) is 0 Å². The molecule has 0 saturated carbocycles. The van der Waals surface area contributed by atoms with Gasteiger partial charge in [-0.2, -0.15) is 0 Å². The molecule has 2 rings (SSSR count). The highest BCUT2D eigenvalue weighted by molar-refractivity contribution is 6.33. The number of nitrogens with one attached hydrogen (secondary N) is 1. The molecule has 0 amide bonds. The molecule has 110 valence electrons. The number of benzene rings is 2. The molecule has 2 aromatic carbocycles. The predicted octanol–water partition coefficient (Wildman–Crippen LogP) is 4.31. The molecular formula is C15H13Cl2NO3. The maximum atomic E-state index is 10.9. The Morgan fingerprint density at radius 2 is 2.00 bits per heavy atom. The fourth-order valence-corrected chi connectivity index (χ4v) is 2.36. The second-order valence-electron chi connectivity index (χ2n) is 4.27. The van der Waals surface area contributed by atoms with E-state index in [1.165, 1.54) is 12.1 Å². The van der Waals surface area contributed by atoms with Gasteiger partial charge in [0.25, 0.3) is 0 Å². The fourth-order valence-electron chi connectivity index (χ4n) is 1.88. The molecule has 0 bridgehead atoms. The zero-order chi connectivity index (χ0) is 15.4. The van der Waals surface area contributed by atoms with Gasteiger partial charge in [-0.3, -0.25) is 0 Å². The van der Waals surface area contributed by atoms with Gasteiger partial charge in [-0.25, -0.2) is 4.79 Å². The molecule has 2 N–H and O–H groups in total. The van der Waals surface area contributed by atoms with Crippen LogP contribution in [0.5, 0.6) is 5.75 Å². The van der Waals surface area contributed by atoms with E-state index in [1.807, 2.05) is 6.07 Å². The van der Waals surface area contributed by atoms with Crippen molar-refractivity contribution in [1.29, 1.82) is 0 Å². The number of carbonyl (C=O) groups is 1. The van der Waals surface area contributed by atoms with E-state index in [0.29, 0.717) is 28.0 Å². The van der Waals surface area contributed by atoms with Gasteiger partial charge in [0.15, 0.2) is 0 Å². The van der Waals surface area contributed by atoms with Crippen LogP contribution in [-0.4, -0.2) is 18.2 Å². The van der Waals surface area contributed by atoms with Gasteiger partial charge >= 0.3 is 5.97 Å². The molecule has 6 heteroatoms. The van der Waals surface area contributed by atoms with Crippen LogP contribution in [0.4, 0.5) is 5.69 Å².